The molecule has 0 radical (unpaired) electrons. The Bertz CT molecular complexity index is 611. The monoisotopic (exact) mass is 289 g/mol. The van der Waals surface area contributed by atoms with Gasteiger partial charge in [-0.3, -0.25) is 4.79 Å². The molecule has 2 aromatic carbocycles. The molecule has 0 bridgehead atoms. The molecule has 2 aromatic rings. The summed E-state index contributed by atoms with van der Waals surface area (Å²) < 4.78 is 18.2. The molecule has 110 valence electrons. The van der Waals surface area contributed by atoms with Crippen LogP contribution in [0.4, 0.5) is 10.1 Å². The SMILES string of the molecule is C[C@H](O)c1ccccc1OCC(=O)Nc1ccc(F)cc1. The number of carbonyl (C=O) groups is 1. The normalized spacial score (nSPS) is 11.8. The van der Waals surface area contributed by atoms with Crippen LogP contribution in [0.15, 0.2) is 48.5 Å². The zero-order valence-electron chi connectivity index (χ0n) is 11.5. The summed E-state index contributed by atoms with van der Waals surface area (Å²) in [6.45, 7) is 1.43. The lowest BCUT2D eigenvalue weighted by Crippen LogP contribution is -2.20. The van der Waals surface area contributed by atoms with E-state index in [0.717, 1.165) is 0 Å². The second kappa shape index (κ2) is 6.85. The second-order valence-corrected chi connectivity index (χ2v) is 4.56. The molecule has 5 heteroatoms. The van der Waals surface area contributed by atoms with E-state index in [1.54, 1.807) is 31.2 Å². The third-order valence-electron chi connectivity index (χ3n) is 2.86. The molecule has 0 aliphatic heterocycles. The molecule has 4 nitrogen and oxygen atoms in total. The van der Waals surface area contributed by atoms with Crippen molar-refractivity contribution in [1.29, 1.82) is 0 Å². The Morgan fingerprint density at radius 3 is 2.57 bits per heavy atom. The summed E-state index contributed by atoms with van der Waals surface area (Å²) in [5.74, 6) is -0.265. The van der Waals surface area contributed by atoms with Gasteiger partial charge in [-0.25, -0.2) is 4.39 Å². The van der Waals surface area contributed by atoms with Crippen molar-refractivity contribution in [2.75, 3.05) is 11.9 Å². The van der Waals surface area contributed by atoms with Gasteiger partial charge in [0.25, 0.3) is 5.91 Å². The first-order valence-corrected chi connectivity index (χ1v) is 6.51. The molecule has 0 unspecified atom stereocenters. The Labute approximate surface area is 122 Å². The van der Waals surface area contributed by atoms with Gasteiger partial charge in [-0.15, -0.1) is 0 Å². The molecule has 0 aromatic heterocycles. The van der Waals surface area contributed by atoms with Crippen LogP contribution < -0.4 is 10.1 Å². The van der Waals surface area contributed by atoms with E-state index in [0.29, 0.717) is 17.0 Å². The summed E-state index contributed by atoms with van der Waals surface area (Å²) in [5.41, 5.74) is 1.11. The van der Waals surface area contributed by atoms with Crippen molar-refractivity contribution in [2.45, 2.75) is 13.0 Å². The van der Waals surface area contributed by atoms with Gasteiger partial charge in [0.15, 0.2) is 6.61 Å². The molecule has 0 aliphatic rings. The predicted molar refractivity (Wildman–Crippen MR) is 77.6 cm³/mol. The minimum atomic E-state index is -0.679. The van der Waals surface area contributed by atoms with E-state index in [2.05, 4.69) is 5.32 Å². The molecule has 2 N–H and O–H groups in total. The van der Waals surface area contributed by atoms with Gasteiger partial charge in [0.05, 0.1) is 6.10 Å². The molecular formula is C16H16FNO3. The van der Waals surface area contributed by atoms with Crippen LogP contribution in [0, 0.1) is 5.82 Å². The van der Waals surface area contributed by atoms with E-state index in [9.17, 15) is 14.3 Å². The van der Waals surface area contributed by atoms with Crippen LogP contribution in [-0.4, -0.2) is 17.6 Å². The fourth-order valence-corrected chi connectivity index (χ4v) is 1.83. The molecule has 0 saturated carbocycles. The van der Waals surface area contributed by atoms with Gasteiger partial charge in [0.2, 0.25) is 0 Å². The highest BCUT2D eigenvalue weighted by Crippen LogP contribution is 2.24. The van der Waals surface area contributed by atoms with E-state index in [-0.39, 0.29) is 18.3 Å². The van der Waals surface area contributed by atoms with Gasteiger partial charge in [0, 0.05) is 11.3 Å². The Kier molecular flexibility index (Phi) is 4.90. The molecule has 2 rings (SSSR count). The fourth-order valence-electron chi connectivity index (χ4n) is 1.83. The topological polar surface area (TPSA) is 58.6 Å². The van der Waals surface area contributed by atoms with Crippen molar-refractivity contribution in [3.63, 3.8) is 0 Å². The lowest BCUT2D eigenvalue weighted by molar-refractivity contribution is -0.118. The van der Waals surface area contributed by atoms with Crippen LogP contribution in [0.2, 0.25) is 0 Å². The number of aliphatic hydroxyl groups is 1. The number of hydrogen-bond donors (Lipinski definition) is 2. The molecule has 0 heterocycles. The quantitative estimate of drug-likeness (QED) is 0.889. The van der Waals surface area contributed by atoms with Crippen molar-refractivity contribution < 1.29 is 19.0 Å². The first kappa shape index (κ1) is 15.0. The van der Waals surface area contributed by atoms with Crippen molar-refractivity contribution >= 4 is 11.6 Å². The smallest absolute Gasteiger partial charge is 0.262 e. The van der Waals surface area contributed by atoms with Crippen molar-refractivity contribution in [3.8, 4) is 5.75 Å². The van der Waals surface area contributed by atoms with Crippen molar-refractivity contribution in [2.24, 2.45) is 0 Å². The number of ether oxygens (including phenoxy) is 1. The lowest BCUT2D eigenvalue weighted by atomic mass is 10.1. The highest BCUT2D eigenvalue weighted by Gasteiger charge is 2.10. The Hall–Kier alpha value is -2.40. The maximum atomic E-state index is 12.8. The molecule has 1 atom stereocenters. The first-order valence-electron chi connectivity index (χ1n) is 6.51. The number of hydrogen-bond acceptors (Lipinski definition) is 3. The summed E-state index contributed by atoms with van der Waals surface area (Å²) in [5, 5.41) is 12.2. The second-order valence-electron chi connectivity index (χ2n) is 4.56. The number of nitrogens with one attached hydrogen (secondary N) is 1. The van der Waals surface area contributed by atoms with Crippen LogP contribution in [0.5, 0.6) is 5.75 Å². The predicted octanol–water partition coefficient (Wildman–Crippen LogP) is 2.90. The van der Waals surface area contributed by atoms with Crippen LogP contribution >= 0.6 is 0 Å². The fraction of sp³-hybridized carbons (Fsp3) is 0.188. The summed E-state index contributed by atoms with van der Waals surface area (Å²) >= 11 is 0. The van der Waals surface area contributed by atoms with Gasteiger partial charge in [-0.1, -0.05) is 18.2 Å². The maximum absolute atomic E-state index is 12.8. The summed E-state index contributed by atoms with van der Waals surface area (Å²) in [7, 11) is 0. The van der Waals surface area contributed by atoms with E-state index >= 15 is 0 Å². The van der Waals surface area contributed by atoms with Gasteiger partial charge in [0.1, 0.15) is 11.6 Å². The van der Waals surface area contributed by atoms with Crippen molar-refractivity contribution in [3.05, 3.63) is 59.9 Å². The Morgan fingerprint density at radius 2 is 1.90 bits per heavy atom. The average Bonchev–Trinajstić information content (AvgIpc) is 2.48. The maximum Gasteiger partial charge on any atom is 0.262 e. The zero-order chi connectivity index (χ0) is 15.2. The Balaban J connectivity index is 1.94. The molecule has 1 amide bonds. The van der Waals surface area contributed by atoms with Crippen LogP contribution in [-0.2, 0) is 4.79 Å². The number of halogens is 1. The third-order valence-corrected chi connectivity index (χ3v) is 2.86. The number of benzene rings is 2. The summed E-state index contributed by atoms with van der Waals surface area (Å²) in [6.07, 6.45) is -0.679. The highest BCUT2D eigenvalue weighted by atomic mass is 19.1. The van der Waals surface area contributed by atoms with Crippen LogP contribution in [0.1, 0.15) is 18.6 Å². The molecule has 21 heavy (non-hydrogen) atoms. The number of anilines is 1. The molecule has 0 aliphatic carbocycles. The van der Waals surface area contributed by atoms with Crippen LogP contribution in [0.3, 0.4) is 0 Å². The first-order chi connectivity index (χ1) is 10.1. The molecule has 0 spiro atoms. The average molecular weight is 289 g/mol. The van der Waals surface area contributed by atoms with E-state index in [1.165, 1.54) is 24.3 Å². The lowest BCUT2D eigenvalue weighted by Gasteiger charge is -2.13. The van der Waals surface area contributed by atoms with Gasteiger partial charge in [-0.2, -0.15) is 0 Å². The van der Waals surface area contributed by atoms with Gasteiger partial charge >= 0.3 is 0 Å². The summed E-state index contributed by atoms with van der Waals surface area (Å²) in [6, 6.07) is 12.4. The zero-order valence-corrected chi connectivity index (χ0v) is 11.5. The molecular weight excluding hydrogens is 273 g/mol. The van der Waals surface area contributed by atoms with Crippen LogP contribution in [0.25, 0.3) is 0 Å². The van der Waals surface area contributed by atoms with E-state index < -0.39 is 6.10 Å². The minimum Gasteiger partial charge on any atom is -0.483 e. The largest absolute Gasteiger partial charge is 0.483 e. The van der Waals surface area contributed by atoms with Gasteiger partial charge < -0.3 is 15.2 Å². The number of carbonyl (C=O) groups excluding carboxylic acids is 1. The van der Waals surface area contributed by atoms with Gasteiger partial charge in [-0.05, 0) is 37.3 Å². The number of aliphatic hydroxyl groups excluding tert-OH is 1. The molecule has 0 fully saturated rings. The summed E-state index contributed by atoms with van der Waals surface area (Å²) in [4.78, 5) is 11.8. The standard InChI is InChI=1S/C16H16FNO3/c1-11(19)14-4-2-3-5-15(14)21-10-16(20)18-13-8-6-12(17)7-9-13/h2-9,11,19H,10H2,1H3,(H,18,20)/t11-/m0/s1. The Morgan fingerprint density at radius 1 is 1.24 bits per heavy atom. The molecule has 0 saturated heterocycles. The highest BCUT2D eigenvalue weighted by molar-refractivity contribution is 5.91. The van der Waals surface area contributed by atoms with E-state index in [4.69, 9.17) is 4.74 Å². The third kappa shape index (κ3) is 4.29. The number of para-hydroxylation sites is 1. The number of amides is 1. The minimum absolute atomic E-state index is 0.193. The van der Waals surface area contributed by atoms with Crippen molar-refractivity contribution in [1.82, 2.24) is 0 Å². The van der Waals surface area contributed by atoms with E-state index in [1.807, 2.05) is 0 Å². The number of rotatable bonds is 5.